The summed E-state index contributed by atoms with van der Waals surface area (Å²) in [5.74, 6) is 0. The highest BCUT2D eigenvalue weighted by Crippen LogP contribution is 2.21. The second kappa shape index (κ2) is 5.81. The van der Waals surface area contributed by atoms with Gasteiger partial charge in [0.25, 0.3) is 10.0 Å². The topological polar surface area (TPSA) is 78.1 Å². The predicted molar refractivity (Wildman–Crippen MR) is 68.6 cm³/mol. The predicted octanol–water partition coefficient (Wildman–Crippen LogP) is 0.694. The Morgan fingerprint density at radius 3 is 2.83 bits per heavy atom. The molecule has 1 aliphatic rings. The van der Waals surface area contributed by atoms with Crippen molar-refractivity contribution in [2.24, 2.45) is 0 Å². The van der Waals surface area contributed by atoms with E-state index in [2.05, 4.69) is 22.4 Å². The van der Waals surface area contributed by atoms with Crippen LogP contribution in [0.25, 0.3) is 0 Å². The van der Waals surface area contributed by atoms with Crippen LogP contribution in [0.4, 0.5) is 0 Å². The first-order valence-corrected chi connectivity index (χ1v) is 7.83. The number of H-pyrrole nitrogens is 1. The van der Waals surface area contributed by atoms with Gasteiger partial charge in [0.2, 0.25) is 0 Å². The van der Waals surface area contributed by atoms with Crippen LogP contribution in [-0.4, -0.2) is 42.6 Å². The van der Waals surface area contributed by atoms with Crippen molar-refractivity contribution in [1.29, 1.82) is 0 Å². The number of rotatable bonds is 6. The molecule has 2 N–H and O–H groups in total. The lowest BCUT2D eigenvalue weighted by molar-refractivity contribution is 0.472. The molecule has 0 saturated carbocycles. The van der Waals surface area contributed by atoms with E-state index >= 15 is 0 Å². The second-order valence-corrected chi connectivity index (χ2v) is 6.39. The van der Waals surface area contributed by atoms with E-state index in [9.17, 15) is 8.42 Å². The van der Waals surface area contributed by atoms with Gasteiger partial charge in [-0.25, -0.2) is 8.42 Å². The van der Waals surface area contributed by atoms with Crippen LogP contribution in [-0.2, 0) is 16.6 Å². The maximum Gasteiger partial charge on any atom is 0.260 e. The van der Waals surface area contributed by atoms with Gasteiger partial charge in [-0.2, -0.15) is 9.40 Å². The van der Waals surface area contributed by atoms with E-state index in [-0.39, 0.29) is 5.03 Å². The number of aromatic nitrogens is 2. The van der Waals surface area contributed by atoms with Gasteiger partial charge in [0.1, 0.15) is 0 Å². The second-order valence-electron chi connectivity index (χ2n) is 4.51. The summed E-state index contributed by atoms with van der Waals surface area (Å²) in [6.07, 6.45) is 4.49. The van der Waals surface area contributed by atoms with Crippen molar-refractivity contribution >= 4 is 10.0 Å². The van der Waals surface area contributed by atoms with Crippen LogP contribution in [0.2, 0.25) is 0 Å². The van der Waals surface area contributed by atoms with E-state index in [1.54, 1.807) is 6.20 Å². The SMILES string of the molecule is CCCNCc1cn[nH]c1S(=O)(=O)N1CCCC1. The Morgan fingerprint density at radius 1 is 1.44 bits per heavy atom. The summed E-state index contributed by atoms with van der Waals surface area (Å²) in [7, 11) is -3.39. The largest absolute Gasteiger partial charge is 0.313 e. The maximum atomic E-state index is 12.4. The van der Waals surface area contributed by atoms with Crippen LogP contribution < -0.4 is 5.32 Å². The molecule has 1 aliphatic heterocycles. The Kier molecular flexibility index (Phi) is 4.36. The minimum absolute atomic E-state index is 0.244. The first-order valence-electron chi connectivity index (χ1n) is 6.39. The molecule has 0 bridgehead atoms. The van der Waals surface area contributed by atoms with Gasteiger partial charge in [0, 0.05) is 25.2 Å². The Balaban J connectivity index is 2.14. The normalized spacial score (nSPS) is 17.4. The molecule has 0 aliphatic carbocycles. The zero-order valence-corrected chi connectivity index (χ0v) is 11.5. The zero-order chi connectivity index (χ0) is 13.0. The van der Waals surface area contributed by atoms with E-state index in [1.807, 2.05) is 0 Å². The van der Waals surface area contributed by atoms with Crippen LogP contribution in [0.5, 0.6) is 0 Å². The van der Waals surface area contributed by atoms with Gasteiger partial charge >= 0.3 is 0 Å². The highest BCUT2D eigenvalue weighted by molar-refractivity contribution is 7.89. The van der Waals surface area contributed by atoms with Crippen molar-refractivity contribution in [2.45, 2.75) is 37.8 Å². The van der Waals surface area contributed by atoms with Gasteiger partial charge in [-0.05, 0) is 25.8 Å². The fraction of sp³-hybridized carbons (Fsp3) is 0.727. The van der Waals surface area contributed by atoms with Crippen LogP contribution in [0, 0.1) is 0 Å². The Labute approximate surface area is 108 Å². The fourth-order valence-electron chi connectivity index (χ4n) is 2.11. The van der Waals surface area contributed by atoms with Crippen LogP contribution in [0.15, 0.2) is 11.2 Å². The molecule has 0 unspecified atom stereocenters. The maximum absolute atomic E-state index is 12.4. The molecule has 0 amide bonds. The van der Waals surface area contributed by atoms with Crippen molar-refractivity contribution in [1.82, 2.24) is 19.8 Å². The molecule has 1 fully saturated rings. The number of hydrogen-bond acceptors (Lipinski definition) is 4. The summed E-state index contributed by atoms with van der Waals surface area (Å²) in [5.41, 5.74) is 0.718. The highest BCUT2D eigenvalue weighted by Gasteiger charge is 2.30. The standard InChI is InChI=1S/C11H20N4O2S/c1-2-5-12-8-10-9-13-14-11(10)18(16,17)15-6-3-4-7-15/h9,12H,2-8H2,1H3,(H,13,14). The van der Waals surface area contributed by atoms with Gasteiger partial charge in [-0.1, -0.05) is 6.92 Å². The summed E-state index contributed by atoms with van der Waals surface area (Å²) in [4.78, 5) is 0. The van der Waals surface area contributed by atoms with Crippen LogP contribution in [0.1, 0.15) is 31.7 Å². The lowest BCUT2D eigenvalue weighted by Gasteiger charge is -2.15. The molecule has 1 aromatic heterocycles. The quantitative estimate of drug-likeness (QED) is 0.747. The molecule has 0 radical (unpaired) electrons. The smallest absolute Gasteiger partial charge is 0.260 e. The van der Waals surface area contributed by atoms with Crippen molar-refractivity contribution in [3.8, 4) is 0 Å². The van der Waals surface area contributed by atoms with Gasteiger partial charge in [0.15, 0.2) is 5.03 Å². The molecule has 18 heavy (non-hydrogen) atoms. The minimum atomic E-state index is -3.39. The van der Waals surface area contributed by atoms with E-state index < -0.39 is 10.0 Å². The average Bonchev–Trinajstić information content (AvgIpc) is 3.01. The van der Waals surface area contributed by atoms with Gasteiger partial charge in [-0.3, -0.25) is 5.10 Å². The van der Waals surface area contributed by atoms with Crippen LogP contribution in [0.3, 0.4) is 0 Å². The third-order valence-electron chi connectivity index (χ3n) is 3.08. The summed E-state index contributed by atoms with van der Waals surface area (Å²) >= 11 is 0. The lowest BCUT2D eigenvalue weighted by atomic mass is 10.3. The number of sulfonamides is 1. The third-order valence-corrected chi connectivity index (χ3v) is 5.00. The van der Waals surface area contributed by atoms with E-state index in [4.69, 9.17) is 0 Å². The molecule has 102 valence electrons. The number of nitrogens with one attached hydrogen (secondary N) is 2. The molecule has 0 atom stereocenters. The highest BCUT2D eigenvalue weighted by atomic mass is 32.2. The van der Waals surface area contributed by atoms with Gasteiger partial charge in [0.05, 0.1) is 6.20 Å². The Bertz CT molecular complexity index is 477. The van der Waals surface area contributed by atoms with E-state index in [0.29, 0.717) is 19.6 Å². The molecule has 0 aromatic carbocycles. The molecule has 2 heterocycles. The van der Waals surface area contributed by atoms with Crippen LogP contribution >= 0.6 is 0 Å². The van der Waals surface area contributed by atoms with E-state index in [0.717, 1.165) is 31.4 Å². The molecule has 1 aromatic rings. The fourth-order valence-corrected chi connectivity index (χ4v) is 3.73. The number of nitrogens with zero attached hydrogens (tertiary/aromatic N) is 2. The zero-order valence-electron chi connectivity index (χ0n) is 10.6. The number of hydrogen-bond donors (Lipinski definition) is 2. The van der Waals surface area contributed by atoms with Crippen molar-refractivity contribution < 1.29 is 8.42 Å². The molecular weight excluding hydrogens is 252 g/mol. The summed E-state index contributed by atoms with van der Waals surface area (Å²) in [6, 6.07) is 0. The Morgan fingerprint density at radius 2 is 2.17 bits per heavy atom. The molecule has 0 spiro atoms. The average molecular weight is 272 g/mol. The van der Waals surface area contributed by atoms with Crippen molar-refractivity contribution in [2.75, 3.05) is 19.6 Å². The molecule has 1 saturated heterocycles. The van der Waals surface area contributed by atoms with Crippen molar-refractivity contribution in [3.05, 3.63) is 11.8 Å². The van der Waals surface area contributed by atoms with Gasteiger partial charge < -0.3 is 5.32 Å². The summed E-state index contributed by atoms with van der Waals surface area (Å²) in [5, 5.41) is 9.94. The Hall–Kier alpha value is -0.920. The summed E-state index contributed by atoms with van der Waals surface area (Å²) < 4.78 is 26.3. The molecular formula is C11H20N4O2S. The molecule has 6 nitrogen and oxygen atoms in total. The van der Waals surface area contributed by atoms with Crippen molar-refractivity contribution in [3.63, 3.8) is 0 Å². The molecule has 2 rings (SSSR count). The number of aromatic amines is 1. The lowest BCUT2D eigenvalue weighted by Crippen LogP contribution is -2.29. The van der Waals surface area contributed by atoms with Gasteiger partial charge in [-0.15, -0.1) is 0 Å². The van der Waals surface area contributed by atoms with E-state index in [1.165, 1.54) is 4.31 Å². The molecule has 7 heteroatoms. The summed E-state index contributed by atoms with van der Waals surface area (Å²) in [6.45, 7) is 4.71. The minimum Gasteiger partial charge on any atom is -0.313 e. The first kappa shape index (κ1) is 13.5. The first-order chi connectivity index (χ1) is 8.66. The third kappa shape index (κ3) is 2.73. The monoisotopic (exact) mass is 272 g/mol.